The van der Waals surface area contributed by atoms with Gasteiger partial charge in [0.1, 0.15) is 16.4 Å². The number of hydrogen-bond donors (Lipinski definition) is 0. The van der Waals surface area contributed by atoms with E-state index >= 15 is 0 Å². The van der Waals surface area contributed by atoms with Gasteiger partial charge < -0.3 is 14.5 Å². The minimum absolute atomic E-state index is 0.174. The standard InChI is InChI=1S/C15H19Cl2N3O3/c1-15(2,3)23-14(22)20-6-4-19(5-7-20)13(21)11-8-10(16)9-12(17)18-11/h8-9H,4-7H2,1-3H3. The quantitative estimate of drug-likeness (QED) is 0.722. The zero-order valence-corrected chi connectivity index (χ0v) is 14.8. The first-order valence-corrected chi connectivity index (χ1v) is 8.01. The minimum atomic E-state index is -0.536. The number of carbonyl (C=O) groups excluding carboxylic acids is 2. The lowest BCUT2D eigenvalue weighted by molar-refractivity contribution is 0.0140. The van der Waals surface area contributed by atoms with E-state index in [9.17, 15) is 9.59 Å². The Labute approximate surface area is 145 Å². The molecule has 8 heteroatoms. The molecule has 2 rings (SSSR count). The van der Waals surface area contributed by atoms with Crippen molar-refractivity contribution in [3.05, 3.63) is 28.0 Å². The topological polar surface area (TPSA) is 62.7 Å². The summed E-state index contributed by atoms with van der Waals surface area (Å²) in [6.07, 6.45) is -0.367. The van der Waals surface area contributed by atoms with E-state index in [-0.39, 0.29) is 22.8 Å². The lowest BCUT2D eigenvalue weighted by Crippen LogP contribution is -2.51. The van der Waals surface area contributed by atoms with Crippen LogP contribution < -0.4 is 0 Å². The summed E-state index contributed by atoms with van der Waals surface area (Å²) in [6.45, 7) is 7.09. The number of pyridine rings is 1. The van der Waals surface area contributed by atoms with Gasteiger partial charge in [-0.25, -0.2) is 9.78 Å². The fourth-order valence-electron chi connectivity index (χ4n) is 2.16. The average Bonchev–Trinajstić information content (AvgIpc) is 2.44. The highest BCUT2D eigenvalue weighted by molar-refractivity contribution is 6.34. The smallest absolute Gasteiger partial charge is 0.410 e. The molecule has 0 aliphatic carbocycles. The van der Waals surface area contributed by atoms with Crippen LogP contribution in [0.2, 0.25) is 10.2 Å². The van der Waals surface area contributed by atoms with Crippen LogP contribution in [0.3, 0.4) is 0 Å². The zero-order chi connectivity index (χ0) is 17.2. The molecule has 126 valence electrons. The second-order valence-corrected chi connectivity index (χ2v) is 7.08. The van der Waals surface area contributed by atoms with Gasteiger partial charge in [-0.05, 0) is 32.9 Å². The van der Waals surface area contributed by atoms with E-state index in [0.29, 0.717) is 31.2 Å². The number of amides is 2. The van der Waals surface area contributed by atoms with Crippen LogP contribution >= 0.6 is 23.2 Å². The molecule has 23 heavy (non-hydrogen) atoms. The van der Waals surface area contributed by atoms with Crippen molar-refractivity contribution < 1.29 is 14.3 Å². The Hall–Kier alpha value is -1.53. The first kappa shape index (κ1) is 17.8. The number of hydrogen-bond acceptors (Lipinski definition) is 4. The molecular formula is C15H19Cl2N3O3. The third-order valence-electron chi connectivity index (χ3n) is 3.20. The largest absolute Gasteiger partial charge is 0.444 e. The van der Waals surface area contributed by atoms with Crippen LogP contribution in [0.25, 0.3) is 0 Å². The molecule has 0 spiro atoms. The Kier molecular flexibility index (Phi) is 5.37. The minimum Gasteiger partial charge on any atom is -0.444 e. The molecule has 0 aromatic carbocycles. The van der Waals surface area contributed by atoms with Crippen molar-refractivity contribution in [3.8, 4) is 0 Å². The van der Waals surface area contributed by atoms with Gasteiger partial charge in [0, 0.05) is 31.2 Å². The Morgan fingerprint density at radius 1 is 1.09 bits per heavy atom. The molecule has 0 unspecified atom stereocenters. The maximum atomic E-state index is 12.4. The van der Waals surface area contributed by atoms with Gasteiger partial charge in [-0.3, -0.25) is 4.79 Å². The molecule has 2 heterocycles. The number of nitrogens with zero attached hydrogens (tertiary/aromatic N) is 3. The Morgan fingerprint density at radius 2 is 1.65 bits per heavy atom. The van der Waals surface area contributed by atoms with Crippen molar-refractivity contribution in [2.45, 2.75) is 26.4 Å². The number of ether oxygens (including phenoxy) is 1. The molecule has 1 fully saturated rings. The summed E-state index contributed by atoms with van der Waals surface area (Å²) in [7, 11) is 0. The Bertz CT molecular complexity index is 588. The maximum Gasteiger partial charge on any atom is 0.410 e. The van der Waals surface area contributed by atoms with Crippen LogP contribution in [0.1, 0.15) is 31.3 Å². The SMILES string of the molecule is CC(C)(C)OC(=O)N1CCN(C(=O)c2cc(Cl)cc(Cl)n2)CC1. The van der Waals surface area contributed by atoms with Crippen molar-refractivity contribution in [2.24, 2.45) is 0 Å². The van der Waals surface area contributed by atoms with E-state index in [1.54, 1.807) is 9.80 Å². The maximum absolute atomic E-state index is 12.4. The van der Waals surface area contributed by atoms with Gasteiger partial charge in [0.25, 0.3) is 5.91 Å². The first-order valence-electron chi connectivity index (χ1n) is 7.26. The van der Waals surface area contributed by atoms with Crippen LogP contribution in [0, 0.1) is 0 Å². The predicted octanol–water partition coefficient (Wildman–Crippen LogP) is 3.08. The van der Waals surface area contributed by atoms with E-state index in [1.165, 1.54) is 12.1 Å². The molecule has 1 aliphatic rings. The summed E-state index contributed by atoms with van der Waals surface area (Å²) in [4.78, 5) is 31.6. The summed E-state index contributed by atoms with van der Waals surface area (Å²) in [6, 6.07) is 2.95. The van der Waals surface area contributed by atoms with E-state index in [0.717, 1.165) is 0 Å². The van der Waals surface area contributed by atoms with E-state index in [2.05, 4.69) is 4.98 Å². The first-order chi connectivity index (χ1) is 10.7. The number of aromatic nitrogens is 1. The molecule has 0 bridgehead atoms. The molecule has 0 radical (unpaired) electrons. The van der Waals surface area contributed by atoms with Crippen molar-refractivity contribution >= 4 is 35.2 Å². The summed E-state index contributed by atoms with van der Waals surface area (Å²) in [5, 5.41) is 0.536. The van der Waals surface area contributed by atoms with Gasteiger partial charge >= 0.3 is 6.09 Å². The molecule has 1 aliphatic heterocycles. The summed E-state index contributed by atoms with van der Waals surface area (Å²) < 4.78 is 5.33. The second kappa shape index (κ2) is 6.93. The third kappa shape index (κ3) is 4.97. The highest BCUT2D eigenvalue weighted by Gasteiger charge is 2.28. The summed E-state index contributed by atoms with van der Waals surface area (Å²) >= 11 is 11.7. The van der Waals surface area contributed by atoms with E-state index in [1.807, 2.05) is 20.8 Å². The van der Waals surface area contributed by atoms with Crippen LogP contribution in [-0.2, 0) is 4.74 Å². The van der Waals surface area contributed by atoms with Gasteiger partial charge in [-0.2, -0.15) is 0 Å². The fourth-order valence-corrected chi connectivity index (χ4v) is 2.63. The predicted molar refractivity (Wildman–Crippen MR) is 88.0 cm³/mol. The number of piperazine rings is 1. The average molecular weight is 360 g/mol. The summed E-state index contributed by atoms with van der Waals surface area (Å²) in [5.74, 6) is -0.252. The lowest BCUT2D eigenvalue weighted by atomic mass is 10.2. The highest BCUT2D eigenvalue weighted by Crippen LogP contribution is 2.18. The second-order valence-electron chi connectivity index (χ2n) is 6.25. The van der Waals surface area contributed by atoms with Crippen molar-refractivity contribution in [1.82, 2.24) is 14.8 Å². The Morgan fingerprint density at radius 3 is 2.17 bits per heavy atom. The van der Waals surface area contributed by atoms with Crippen LogP contribution in [0.5, 0.6) is 0 Å². The van der Waals surface area contributed by atoms with Gasteiger partial charge in [0.05, 0.1) is 0 Å². The zero-order valence-electron chi connectivity index (χ0n) is 13.3. The third-order valence-corrected chi connectivity index (χ3v) is 3.61. The van der Waals surface area contributed by atoms with Crippen molar-refractivity contribution in [1.29, 1.82) is 0 Å². The molecule has 0 saturated carbocycles. The fraction of sp³-hybridized carbons (Fsp3) is 0.533. The molecule has 1 aromatic rings. The molecule has 6 nitrogen and oxygen atoms in total. The monoisotopic (exact) mass is 359 g/mol. The van der Waals surface area contributed by atoms with E-state index < -0.39 is 5.60 Å². The number of halogens is 2. The number of rotatable bonds is 1. The number of carbonyl (C=O) groups is 2. The molecule has 1 saturated heterocycles. The van der Waals surface area contributed by atoms with Crippen LogP contribution in [0.15, 0.2) is 12.1 Å². The molecular weight excluding hydrogens is 341 g/mol. The molecule has 0 N–H and O–H groups in total. The molecule has 2 amide bonds. The summed E-state index contributed by atoms with van der Waals surface area (Å²) in [5.41, 5.74) is -0.334. The lowest BCUT2D eigenvalue weighted by Gasteiger charge is -2.35. The van der Waals surface area contributed by atoms with Gasteiger partial charge in [0.2, 0.25) is 0 Å². The van der Waals surface area contributed by atoms with Crippen LogP contribution in [0.4, 0.5) is 4.79 Å². The highest BCUT2D eigenvalue weighted by atomic mass is 35.5. The van der Waals surface area contributed by atoms with Crippen LogP contribution in [-0.4, -0.2) is 58.6 Å². The van der Waals surface area contributed by atoms with Gasteiger partial charge in [-0.1, -0.05) is 23.2 Å². The Balaban J connectivity index is 1.96. The van der Waals surface area contributed by atoms with Gasteiger partial charge in [0.15, 0.2) is 0 Å². The van der Waals surface area contributed by atoms with Crippen molar-refractivity contribution in [2.75, 3.05) is 26.2 Å². The molecule has 1 aromatic heterocycles. The normalized spacial score (nSPS) is 15.5. The van der Waals surface area contributed by atoms with Gasteiger partial charge in [-0.15, -0.1) is 0 Å². The molecule has 0 atom stereocenters. The van der Waals surface area contributed by atoms with Crippen molar-refractivity contribution in [3.63, 3.8) is 0 Å². The van der Waals surface area contributed by atoms with E-state index in [4.69, 9.17) is 27.9 Å².